The molecule has 0 aliphatic carbocycles. The maximum atomic E-state index is 10.2. The summed E-state index contributed by atoms with van der Waals surface area (Å²) in [6.45, 7) is 3.27. The van der Waals surface area contributed by atoms with Crippen LogP contribution in [0, 0.1) is 0 Å². The van der Waals surface area contributed by atoms with Gasteiger partial charge in [0, 0.05) is 6.07 Å². The summed E-state index contributed by atoms with van der Waals surface area (Å²) in [5, 5.41) is 22.8. The molecule has 0 amide bonds. The maximum Gasteiger partial charge on any atom is 0.190 e. The molecule has 0 saturated carbocycles. The summed E-state index contributed by atoms with van der Waals surface area (Å²) in [7, 11) is 0. The fraction of sp³-hybridized carbons (Fsp3) is 0.727. The summed E-state index contributed by atoms with van der Waals surface area (Å²) >= 11 is 0. The zero-order valence-corrected chi connectivity index (χ0v) is 10.1. The largest absolute Gasteiger partial charge is 0.388 e. The van der Waals surface area contributed by atoms with E-state index < -0.39 is 30.4 Å². The summed E-state index contributed by atoms with van der Waals surface area (Å²) in [6, 6.07) is 1.54. The number of hydrogen-bond acceptors (Lipinski definition) is 7. The van der Waals surface area contributed by atoms with Gasteiger partial charge in [-0.3, -0.25) is 0 Å². The topological polar surface area (TPSA) is 94.2 Å². The van der Waals surface area contributed by atoms with Gasteiger partial charge in [0.1, 0.15) is 30.6 Å². The molecule has 1 aromatic rings. The van der Waals surface area contributed by atoms with Crippen molar-refractivity contribution in [3.05, 3.63) is 17.5 Å². The Hall–Kier alpha value is -0.990. The molecule has 0 aromatic carbocycles. The Morgan fingerprint density at radius 3 is 2.78 bits per heavy atom. The zero-order chi connectivity index (χ0) is 12.9. The van der Waals surface area contributed by atoms with Gasteiger partial charge in [-0.05, 0) is 13.8 Å². The minimum Gasteiger partial charge on any atom is -0.388 e. The van der Waals surface area contributed by atoms with Crippen molar-refractivity contribution in [1.82, 2.24) is 5.16 Å². The van der Waals surface area contributed by atoms with E-state index in [-0.39, 0.29) is 6.61 Å². The van der Waals surface area contributed by atoms with Crippen molar-refractivity contribution < 1.29 is 28.9 Å². The average molecular weight is 257 g/mol. The third-order valence-corrected chi connectivity index (χ3v) is 3.04. The van der Waals surface area contributed by atoms with E-state index in [0.29, 0.717) is 11.5 Å². The van der Waals surface area contributed by atoms with E-state index in [1.165, 1.54) is 0 Å². The van der Waals surface area contributed by atoms with Gasteiger partial charge in [-0.1, -0.05) is 5.16 Å². The lowest BCUT2D eigenvalue weighted by molar-refractivity contribution is -0.216. The number of aliphatic hydroxyl groups is 2. The Morgan fingerprint density at radius 2 is 2.17 bits per heavy atom. The Morgan fingerprint density at radius 1 is 1.39 bits per heavy atom. The van der Waals surface area contributed by atoms with Crippen molar-refractivity contribution in [3.63, 3.8) is 0 Å². The van der Waals surface area contributed by atoms with Crippen LogP contribution in [0.2, 0.25) is 0 Å². The lowest BCUT2D eigenvalue weighted by Gasteiger charge is -2.21. The maximum absolute atomic E-state index is 10.2. The van der Waals surface area contributed by atoms with Gasteiger partial charge in [0.25, 0.3) is 0 Å². The third-order valence-electron chi connectivity index (χ3n) is 3.04. The molecule has 2 fully saturated rings. The monoisotopic (exact) mass is 257 g/mol. The Labute approximate surface area is 103 Å². The summed E-state index contributed by atoms with van der Waals surface area (Å²) in [6.07, 6.45) is -2.71. The first-order valence-corrected chi connectivity index (χ1v) is 5.76. The van der Waals surface area contributed by atoms with Crippen LogP contribution >= 0.6 is 0 Å². The molecule has 7 nitrogen and oxygen atoms in total. The SMILES string of the molecule is CC1(C)O[C@H]2OC(c3cc(CO)on3)[C@@H](O)[C@@H]2O1. The number of ether oxygens (including phenoxy) is 3. The van der Waals surface area contributed by atoms with Crippen LogP contribution in [-0.4, -0.2) is 39.7 Å². The summed E-state index contributed by atoms with van der Waals surface area (Å²) in [5.74, 6) is -0.443. The second-order valence-corrected chi connectivity index (χ2v) is 4.89. The molecule has 2 aliphatic heterocycles. The second kappa shape index (κ2) is 4.01. The molecule has 3 rings (SSSR count). The highest BCUT2D eigenvalue weighted by atomic mass is 16.8. The van der Waals surface area contributed by atoms with E-state index in [1.54, 1.807) is 19.9 Å². The first-order chi connectivity index (χ1) is 8.50. The molecule has 0 radical (unpaired) electrons. The molecule has 3 heterocycles. The highest BCUT2D eigenvalue weighted by Crippen LogP contribution is 2.42. The van der Waals surface area contributed by atoms with Gasteiger partial charge in [-0.25, -0.2) is 0 Å². The smallest absolute Gasteiger partial charge is 0.190 e. The molecule has 2 saturated heterocycles. The van der Waals surface area contributed by atoms with Gasteiger partial charge >= 0.3 is 0 Å². The molecule has 100 valence electrons. The standard InChI is InChI=1S/C11H15NO6/c1-11(2)16-9-7(14)8(15-10(9)17-11)6-3-5(4-13)18-12-6/h3,7-10,13-14H,4H2,1-2H3/t7-,8?,9+,10-/m1/s1. The molecule has 2 aliphatic rings. The molecule has 2 N–H and O–H groups in total. The second-order valence-electron chi connectivity index (χ2n) is 4.89. The molecule has 4 atom stereocenters. The number of aromatic nitrogens is 1. The van der Waals surface area contributed by atoms with E-state index in [9.17, 15) is 5.11 Å². The van der Waals surface area contributed by atoms with Crippen LogP contribution in [-0.2, 0) is 20.8 Å². The normalized spacial score (nSPS) is 38.0. The van der Waals surface area contributed by atoms with Crippen LogP contribution in [0.3, 0.4) is 0 Å². The fourth-order valence-electron chi connectivity index (χ4n) is 2.27. The number of aliphatic hydroxyl groups excluding tert-OH is 2. The molecular weight excluding hydrogens is 242 g/mol. The van der Waals surface area contributed by atoms with E-state index in [1.807, 2.05) is 0 Å². The van der Waals surface area contributed by atoms with Crippen LogP contribution in [0.25, 0.3) is 0 Å². The molecular formula is C11H15NO6. The molecule has 1 aromatic heterocycles. The van der Waals surface area contributed by atoms with Gasteiger partial charge in [-0.15, -0.1) is 0 Å². The molecule has 7 heteroatoms. The Kier molecular flexibility index (Phi) is 2.68. The fourth-order valence-corrected chi connectivity index (χ4v) is 2.27. The van der Waals surface area contributed by atoms with Crippen LogP contribution in [0.15, 0.2) is 10.6 Å². The first kappa shape index (κ1) is 12.1. The summed E-state index contributed by atoms with van der Waals surface area (Å²) in [4.78, 5) is 0. The van der Waals surface area contributed by atoms with Crippen LogP contribution in [0.5, 0.6) is 0 Å². The van der Waals surface area contributed by atoms with E-state index in [0.717, 1.165) is 0 Å². The number of rotatable bonds is 2. The molecule has 0 bridgehead atoms. The van der Waals surface area contributed by atoms with Crippen molar-refractivity contribution in [2.24, 2.45) is 0 Å². The van der Waals surface area contributed by atoms with Gasteiger partial charge in [-0.2, -0.15) is 0 Å². The number of nitrogens with zero attached hydrogens (tertiary/aromatic N) is 1. The third kappa shape index (κ3) is 1.84. The Bertz CT molecular complexity index is 444. The van der Waals surface area contributed by atoms with E-state index in [4.69, 9.17) is 23.8 Å². The summed E-state index contributed by atoms with van der Waals surface area (Å²) < 4.78 is 21.5. The van der Waals surface area contributed by atoms with Crippen molar-refractivity contribution in [2.75, 3.05) is 0 Å². The number of hydrogen-bond donors (Lipinski definition) is 2. The predicted molar refractivity (Wildman–Crippen MR) is 56.1 cm³/mol. The lowest BCUT2D eigenvalue weighted by atomic mass is 10.1. The van der Waals surface area contributed by atoms with Crippen molar-refractivity contribution >= 4 is 0 Å². The first-order valence-electron chi connectivity index (χ1n) is 5.76. The molecule has 0 spiro atoms. The van der Waals surface area contributed by atoms with Gasteiger partial charge in [0.05, 0.1) is 0 Å². The van der Waals surface area contributed by atoms with Gasteiger partial charge in [0.15, 0.2) is 17.8 Å². The van der Waals surface area contributed by atoms with Crippen LogP contribution < -0.4 is 0 Å². The zero-order valence-electron chi connectivity index (χ0n) is 10.1. The minimum atomic E-state index is -0.881. The van der Waals surface area contributed by atoms with Crippen molar-refractivity contribution in [3.8, 4) is 0 Å². The van der Waals surface area contributed by atoms with Crippen molar-refractivity contribution in [1.29, 1.82) is 0 Å². The number of fused-ring (bicyclic) bond motifs is 1. The highest BCUT2D eigenvalue weighted by molar-refractivity contribution is 5.12. The average Bonchev–Trinajstić information content (AvgIpc) is 2.94. The minimum absolute atomic E-state index is 0.247. The lowest BCUT2D eigenvalue weighted by Crippen LogP contribution is -2.31. The molecule has 1 unspecified atom stereocenters. The molecule has 18 heavy (non-hydrogen) atoms. The Balaban J connectivity index is 1.78. The van der Waals surface area contributed by atoms with Crippen molar-refractivity contribution in [2.45, 2.75) is 50.8 Å². The van der Waals surface area contributed by atoms with Crippen LogP contribution in [0.1, 0.15) is 31.4 Å². The quantitative estimate of drug-likeness (QED) is 0.774. The van der Waals surface area contributed by atoms with E-state index in [2.05, 4.69) is 5.16 Å². The summed E-state index contributed by atoms with van der Waals surface area (Å²) in [5.41, 5.74) is 0.422. The predicted octanol–water partition coefficient (Wildman–Crippen LogP) is 0.0767. The highest BCUT2D eigenvalue weighted by Gasteiger charge is 2.55. The van der Waals surface area contributed by atoms with Gasteiger partial charge in [0.2, 0.25) is 0 Å². The van der Waals surface area contributed by atoms with E-state index >= 15 is 0 Å². The van der Waals surface area contributed by atoms with Crippen LogP contribution in [0.4, 0.5) is 0 Å². The van der Waals surface area contributed by atoms with Gasteiger partial charge < -0.3 is 28.9 Å².